The predicted molar refractivity (Wildman–Crippen MR) is 109 cm³/mol. The van der Waals surface area contributed by atoms with Crippen molar-refractivity contribution in [2.75, 3.05) is 26.3 Å². The molecule has 2 aromatic carbocycles. The van der Waals surface area contributed by atoms with E-state index in [2.05, 4.69) is 28.3 Å². The second kappa shape index (κ2) is 10.3. The van der Waals surface area contributed by atoms with Gasteiger partial charge in [0.05, 0.1) is 11.6 Å². The van der Waals surface area contributed by atoms with Gasteiger partial charge in [-0.15, -0.1) is 0 Å². The van der Waals surface area contributed by atoms with Gasteiger partial charge in [-0.3, -0.25) is 4.90 Å². The number of benzene rings is 2. The van der Waals surface area contributed by atoms with E-state index >= 15 is 0 Å². The molecule has 2 aromatic rings. The van der Waals surface area contributed by atoms with Crippen molar-refractivity contribution in [3.8, 4) is 11.8 Å². The molecule has 0 saturated carbocycles. The van der Waals surface area contributed by atoms with E-state index in [1.165, 1.54) is 24.8 Å². The fraction of sp³-hybridized carbons (Fsp3) is 0.364. The molecule has 1 heterocycles. The van der Waals surface area contributed by atoms with E-state index < -0.39 is 0 Å². The minimum Gasteiger partial charge on any atom is -0.490 e. The first kappa shape index (κ1) is 19.7. The maximum atomic E-state index is 8.78. The van der Waals surface area contributed by atoms with E-state index in [9.17, 15) is 0 Å². The maximum Gasteiger partial charge on any atom is 0.170 e. The van der Waals surface area contributed by atoms with Gasteiger partial charge in [-0.05, 0) is 61.8 Å². The topological polar surface area (TPSA) is 83.9 Å². The molecular weight excluding hydrogens is 352 g/mol. The molecule has 0 aliphatic carbocycles. The largest absolute Gasteiger partial charge is 0.490 e. The zero-order valence-corrected chi connectivity index (χ0v) is 16.0. The number of piperidine rings is 1. The number of nitrogens with two attached hydrogens (primary N) is 1. The molecule has 0 spiro atoms. The van der Waals surface area contributed by atoms with Crippen LogP contribution in [-0.2, 0) is 11.4 Å². The number of nitriles is 1. The van der Waals surface area contributed by atoms with Crippen LogP contribution in [0, 0.1) is 11.3 Å². The second-order valence-electron chi connectivity index (χ2n) is 6.83. The Labute approximate surface area is 166 Å². The number of hydrogen-bond acceptors (Lipinski definition) is 5. The summed E-state index contributed by atoms with van der Waals surface area (Å²) in [6, 6.07) is 17.1. The summed E-state index contributed by atoms with van der Waals surface area (Å²) in [5, 5.41) is 12.8. The minimum atomic E-state index is 0.286. The van der Waals surface area contributed by atoms with Crippen LogP contribution in [-0.4, -0.2) is 37.0 Å². The number of rotatable bonds is 8. The second-order valence-corrected chi connectivity index (χ2v) is 6.83. The van der Waals surface area contributed by atoms with E-state index in [-0.39, 0.29) is 6.61 Å². The molecule has 1 fully saturated rings. The van der Waals surface area contributed by atoms with Crippen LogP contribution in [0.25, 0.3) is 0 Å². The van der Waals surface area contributed by atoms with Crippen LogP contribution in [0.1, 0.15) is 36.0 Å². The van der Waals surface area contributed by atoms with Gasteiger partial charge in [0.25, 0.3) is 0 Å². The molecule has 0 amide bonds. The Morgan fingerprint density at radius 3 is 2.61 bits per heavy atom. The van der Waals surface area contributed by atoms with E-state index in [1.54, 1.807) is 24.3 Å². The third-order valence-electron chi connectivity index (χ3n) is 4.67. The molecule has 0 unspecified atom stereocenters. The first-order valence-corrected chi connectivity index (χ1v) is 9.64. The van der Waals surface area contributed by atoms with Crippen molar-refractivity contribution in [2.24, 2.45) is 10.9 Å². The standard InChI is InChI=1S/C22H26N4O2/c23-16-18-7-9-21(10-8-18)27-13-14-28-25-22(24)20-6-4-5-19(15-20)17-26-11-2-1-3-12-26/h4-10,15H,1-3,11-14,17H2,(H2,24,25). The molecule has 2 N–H and O–H groups in total. The number of nitrogens with zero attached hydrogens (tertiary/aromatic N) is 3. The molecule has 0 aromatic heterocycles. The first-order chi connectivity index (χ1) is 13.7. The van der Waals surface area contributed by atoms with Crippen LogP contribution < -0.4 is 10.5 Å². The van der Waals surface area contributed by atoms with Crippen molar-refractivity contribution in [3.63, 3.8) is 0 Å². The van der Waals surface area contributed by atoms with E-state index in [4.69, 9.17) is 20.6 Å². The molecule has 0 atom stereocenters. The van der Waals surface area contributed by atoms with Crippen LogP contribution in [0.2, 0.25) is 0 Å². The molecule has 28 heavy (non-hydrogen) atoms. The molecule has 0 radical (unpaired) electrons. The third kappa shape index (κ3) is 6.00. The molecule has 0 bridgehead atoms. The molecule has 1 aliphatic rings. The minimum absolute atomic E-state index is 0.286. The first-order valence-electron chi connectivity index (χ1n) is 9.64. The highest BCUT2D eigenvalue weighted by Crippen LogP contribution is 2.14. The molecule has 146 valence electrons. The quantitative estimate of drug-likeness (QED) is 0.330. The van der Waals surface area contributed by atoms with Gasteiger partial charge in [0, 0.05) is 12.1 Å². The van der Waals surface area contributed by atoms with Crippen LogP contribution >= 0.6 is 0 Å². The number of likely N-dealkylation sites (tertiary alicyclic amines) is 1. The van der Waals surface area contributed by atoms with Gasteiger partial charge in [0.2, 0.25) is 0 Å². The lowest BCUT2D eigenvalue weighted by molar-refractivity contribution is 0.107. The molecule has 6 heteroatoms. The Balaban J connectivity index is 1.45. The average molecular weight is 378 g/mol. The van der Waals surface area contributed by atoms with Gasteiger partial charge < -0.3 is 15.3 Å². The maximum absolute atomic E-state index is 8.78. The van der Waals surface area contributed by atoms with Gasteiger partial charge in [-0.25, -0.2) is 0 Å². The SMILES string of the molecule is N#Cc1ccc(OCCO/N=C(/N)c2cccc(CN3CCCCC3)c2)cc1. The summed E-state index contributed by atoms with van der Waals surface area (Å²) in [4.78, 5) is 7.76. The summed E-state index contributed by atoms with van der Waals surface area (Å²) in [6.45, 7) is 3.90. The highest BCUT2D eigenvalue weighted by molar-refractivity contribution is 5.97. The van der Waals surface area contributed by atoms with Crippen LogP contribution in [0.5, 0.6) is 5.75 Å². The van der Waals surface area contributed by atoms with Crippen molar-refractivity contribution >= 4 is 5.84 Å². The lowest BCUT2D eigenvalue weighted by atomic mass is 10.1. The third-order valence-corrected chi connectivity index (χ3v) is 4.67. The Hall–Kier alpha value is -3.04. The number of hydrogen-bond donors (Lipinski definition) is 1. The van der Waals surface area contributed by atoms with Crippen LogP contribution in [0.15, 0.2) is 53.7 Å². The highest BCUT2D eigenvalue weighted by Gasteiger charge is 2.11. The Morgan fingerprint density at radius 1 is 1.07 bits per heavy atom. The molecular formula is C22H26N4O2. The molecule has 3 rings (SSSR count). The summed E-state index contributed by atoms with van der Waals surface area (Å²) in [5.74, 6) is 1.05. The van der Waals surface area contributed by atoms with Gasteiger partial charge in [-0.1, -0.05) is 29.8 Å². The highest BCUT2D eigenvalue weighted by atomic mass is 16.6. The van der Waals surface area contributed by atoms with Crippen LogP contribution in [0.4, 0.5) is 0 Å². The fourth-order valence-electron chi connectivity index (χ4n) is 3.20. The number of amidine groups is 1. The van der Waals surface area contributed by atoms with E-state index in [0.29, 0.717) is 23.8 Å². The Bertz CT molecular complexity index is 821. The Kier molecular flexibility index (Phi) is 7.28. The fourth-order valence-corrected chi connectivity index (χ4v) is 3.20. The summed E-state index contributed by atoms with van der Waals surface area (Å²) >= 11 is 0. The van der Waals surface area contributed by atoms with Gasteiger partial charge in [-0.2, -0.15) is 5.26 Å². The molecule has 6 nitrogen and oxygen atoms in total. The average Bonchev–Trinajstić information content (AvgIpc) is 2.75. The lowest BCUT2D eigenvalue weighted by Crippen LogP contribution is -2.29. The Morgan fingerprint density at radius 2 is 1.86 bits per heavy atom. The summed E-state index contributed by atoms with van der Waals surface area (Å²) < 4.78 is 5.55. The zero-order valence-electron chi connectivity index (χ0n) is 16.0. The molecule has 1 aliphatic heterocycles. The summed E-state index contributed by atoms with van der Waals surface area (Å²) in [6.07, 6.45) is 3.89. The van der Waals surface area contributed by atoms with E-state index in [0.717, 1.165) is 25.2 Å². The summed E-state index contributed by atoms with van der Waals surface area (Å²) in [7, 11) is 0. The zero-order chi connectivity index (χ0) is 19.6. The molecule has 1 saturated heterocycles. The van der Waals surface area contributed by atoms with Gasteiger partial charge in [0.1, 0.15) is 12.4 Å². The van der Waals surface area contributed by atoms with Crippen molar-refractivity contribution in [1.29, 1.82) is 5.26 Å². The van der Waals surface area contributed by atoms with Crippen molar-refractivity contribution in [2.45, 2.75) is 25.8 Å². The van der Waals surface area contributed by atoms with Crippen molar-refractivity contribution in [1.82, 2.24) is 4.90 Å². The summed E-state index contributed by atoms with van der Waals surface area (Å²) in [5.41, 5.74) is 8.76. The number of oxime groups is 1. The monoisotopic (exact) mass is 378 g/mol. The van der Waals surface area contributed by atoms with Gasteiger partial charge in [0.15, 0.2) is 12.4 Å². The van der Waals surface area contributed by atoms with Crippen molar-refractivity contribution in [3.05, 3.63) is 65.2 Å². The van der Waals surface area contributed by atoms with Crippen molar-refractivity contribution < 1.29 is 9.57 Å². The lowest BCUT2D eigenvalue weighted by Gasteiger charge is -2.26. The predicted octanol–water partition coefficient (Wildman–Crippen LogP) is 3.26. The normalized spacial score (nSPS) is 15.0. The number of ether oxygens (including phenoxy) is 1. The van der Waals surface area contributed by atoms with Gasteiger partial charge >= 0.3 is 0 Å². The van der Waals surface area contributed by atoms with Crippen LogP contribution in [0.3, 0.4) is 0 Å². The van der Waals surface area contributed by atoms with E-state index in [1.807, 2.05) is 12.1 Å². The smallest absolute Gasteiger partial charge is 0.170 e.